The van der Waals surface area contributed by atoms with Crippen molar-refractivity contribution >= 4 is 21.8 Å². The van der Waals surface area contributed by atoms with Crippen molar-refractivity contribution in [3.05, 3.63) is 28.2 Å². The van der Waals surface area contributed by atoms with Gasteiger partial charge in [0.15, 0.2) is 6.10 Å². The Morgan fingerprint density at radius 2 is 2.31 bits per heavy atom. The molecule has 5 heteroatoms. The third kappa shape index (κ3) is 3.21. The molecule has 0 spiro atoms. The molecule has 4 nitrogen and oxygen atoms in total. The Bertz CT molecular complexity index is 382. The molecule has 1 aromatic rings. The molecule has 0 saturated carbocycles. The van der Waals surface area contributed by atoms with Gasteiger partial charge < -0.3 is 15.8 Å². The molecule has 0 radical (unpaired) electrons. The zero-order valence-electron chi connectivity index (χ0n) is 9.29. The van der Waals surface area contributed by atoms with Crippen LogP contribution in [0.4, 0.5) is 0 Å². The van der Waals surface area contributed by atoms with Gasteiger partial charge in [-0.1, -0.05) is 15.9 Å². The molecule has 0 fully saturated rings. The Kier molecular flexibility index (Phi) is 4.76. The quantitative estimate of drug-likeness (QED) is 0.880. The summed E-state index contributed by atoms with van der Waals surface area (Å²) in [6.45, 7) is 2.07. The van der Waals surface area contributed by atoms with E-state index < -0.39 is 6.10 Å². The van der Waals surface area contributed by atoms with Crippen molar-refractivity contribution in [2.45, 2.75) is 19.6 Å². The maximum absolute atomic E-state index is 11.3. The molecule has 0 bridgehead atoms. The van der Waals surface area contributed by atoms with Crippen LogP contribution in [-0.4, -0.2) is 19.1 Å². The van der Waals surface area contributed by atoms with Crippen molar-refractivity contribution in [2.24, 2.45) is 5.73 Å². The van der Waals surface area contributed by atoms with E-state index in [1.54, 1.807) is 20.0 Å². The van der Waals surface area contributed by atoms with Crippen LogP contribution >= 0.6 is 15.9 Å². The summed E-state index contributed by atoms with van der Waals surface area (Å²) in [6.07, 6.45) is -0.531. The van der Waals surface area contributed by atoms with Crippen LogP contribution in [-0.2, 0) is 11.3 Å². The third-order valence-electron chi connectivity index (χ3n) is 2.16. The van der Waals surface area contributed by atoms with Gasteiger partial charge in [0.05, 0.1) is 0 Å². The van der Waals surface area contributed by atoms with Crippen LogP contribution in [0.3, 0.4) is 0 Å². The number of halogens is 1. The van der Waals surface area contributed by atoms with E-state index in [0.29, 0.717) is 12.3 Å². The van der Waals surface area contributed by atoms with E-state index in [0.717, 1.165) is 10.0 Å². The molecule has 1 amide bonds. The molecule has 0 heterocycles. The summed E-state index contributed by atoms with van der Waals surface area (Å²) in [5, 5.41) is 2.53. The maximum Gasteiger partial charge on any atom is 0.260 e. The molecule has 88 valence electrons. The lowest BCUT2D eigenvalue weighted by Crippen LogP contribution is -2.34. The Morgan fingerprint density at radius 1 is 1.62 bits per heavy atom. The van der Waals surface area contributed by atoms with Crippen molar-refractivity contribution in [3.63, 3.8) is 0 Å². The average molecular weight is 287 g/mol. The zero-order chi connectivity index (χ0) is 12.1. The fourth-order valence-corrected chi connectivity index (χ4v) is 1.68. The molecule has 0 aliphatic carbocycles. The minimum absolute atomic E-state index is 0.161. The number of carbonyl (C=O) groups is 1. The first kappa shape index (κ1) is 13.0. The van der Waals surface area contributed by atoms with Crippen LogP contribution in [0.25, 0.3) is 0 Å². The van der Waals surface area contributed by atoms with Crippen molar-refractivity contribution in [1.29, 1.82) is 0 Å². The molecule has 0 aliphatic heterocycles. The van der Waals surface area contributed by atoms with Gasteiger partial charge in [0.2, 0.25) is 0 Å². The molecule has 1 unspecified atom stereocenters. The molecule has 0 saturated heterocycles. The van der Waals surface area contributed by atoms with Crippen molar-refractivity contribution in [2.75, 3.05) is 7.05 Å². The number of benzene rings is 1. The number of nitrogens with one attached hydrogen (secondary N) is 1. The van der Waals surface area contributed by atoms with Gasteiger partial charge in [-0.2, -0.15) is 0 Å². The van der Waals surface area contributed by atoms with Crippen LogP contribution in [0.2, 0.25) is 0 Å². The minimum atomic E-state index is -0.531. The number of hydrogen-bond acceptors (Lipinski definition) is 3. The third-order valence-corrected chi connectivity index (χ3v) is 2.66. The van der Waals surface area contributed by atoms with Gasteiger partial charge in [-0.05, 0) is 25.1 Å². The molecule has 1 atom stereocenters. The van der Waals surface area contributed by atoms with Gasteiger partial charge in [0, 0.05) is 23.6 Å². The number of carbonyl (C=O) groups excluding carboxylic acids is 1. The summed E-state index contributed by atoms with van der Waals surface area (Å²) in [5.41, 5.74) is 6.47. The van der Waals surface area contributed by atoms with Gasteiger partial charge in [0.1, 0.15) is 5.75 Å². The van der Waals surface area contributed by atoms with Gasteiger partial charge in [0.25, 0.3) is 5.91 Å². The fourth-order valence-electron chi connectivity index (χ4n) is 1.27. The highest BCUT2D eigenvalue weighted by Gasteiger charge is 2.14. The zero-order valence-corrected chi connectivity index (χ0v) is 10.9. The van der Waals surface area contributed by atoms with Crippen LogP contribution in [0.15, 0.2) is 22.7 Å². The monoisotopic (exact) mass is 286 g/mol. The van der Waals surface area contributed by atoms with Gasteiger partial charge in [-0.25, -0.2) is 0 Å². The molecule has 0 aliphatic rings. The number of likely N-dealkylation sites (N-methyl/N-ethyl adjacent to an activating group) is 1. The topological polar surface area (TPSA) is 64.3 Å². The minimum Gasteiger partial charge on any atom is -0.481 e. The Balaban J connectivity index is 2.84. The van der Waals surface area contributed by atoms with Crippen LogP contribution in [0.5, 0.6) is 5.75 Å². The van der Waals surface area contributed by atoms with Gasteiger partial charge in [-0.3, -0.25) is 4.79 Å². The Labute approximate surface area is 103 Å². The van der Waals surface area contributed by atoms with Crippen LogP contribution in [0.1, 0.15) is 12.5 Å². The van der Waals surface area contributed by atoms with E-state index in [1.807, 2.05) is 12.1 Å². The molecule has 16 heavy (non-hydrogen) atoms. The normalized spacial score (nSPS) is 12.0. The Hall–Kier alpha value is -1.07. The van der Waals surface area contributed by atoms with Crippen molar-refractivity contribution in [3.8, 4) is 5.75 Å². The molecule has 3 N–H and O–H groups in total. The SMILES string of the molecule is CNC(=O)C(C)Oc1ccc(Br)cc1CN. The lowest BCUT2D eigenvalue weighted by atomic mass is 10.2. The first-order valence-electron chi connectivity index (χ1n) is 4.95. The largest absolute Gasteiger partial charge is 0.481 e. The number of amides is 1. The second-order valence-corrected chi connectivity index (χ2v) is 4.25. The van der Waals surface area contributed by atoms with E-state index >= 15 is 0 Å². The van der Waals surface area contributed by atoms with E-state index in [9.17, 15) is 4.79 Å². The first-order valence-corrected chi connectivity index (χ1v) is 5.74. The van der Waals surface area contributed by atoms with Crippen molar-refractivity contribution in [1.82, 2.24) is 5.32 Å². The number of ether oxygens (including phenoxy) is 1. The Morgan fingerprint density at radius 3 is 2.88 bits per heavy atom. The molecular formula is C11H15BrN2O2. The van der Waals surface area contributed by atoms with Gasteiger partial charge in [-0.15, -0.1) is 0 Å². The average Bonchev–Trinajstić information content (AvgIpc) is 2.30. The summed E-state index contributed by atoms with van der Waals surface area (Å²) >= 11 is 3.36. The standard InChI is InChI=1S/C11H15BrN2O2/c1-7(11(15)14-2)16-10-4-3-9(12)5-8(10)6-13/h3-5,7H,6,13H2,1-2H3,(H,14,15). The molecule has 1 rings (SSSR count). The van der Waals surface area contributed by atoms with Gasteiger partial charge >= 0.3 is 0 Å². The summed E-state index contributed by atoms with van der Waals surface area (Å²) < 4.78 is 6.47. The summed E-state index contributed by atoms with van der Waals surface area (Å²) in [4.78, 5) is 11.3. The molecule has 1 aromatic carbocycles. The predicted molar refractivity (Wildman–Crippen MR) is 66.2 cm³/mol. The van der Waals surface area contributed by atoms with E-state index in [1.165, 1.54) is 0 Å². The van der Waals surface area contributed by atoms with E-state index in [2.05, 4.69) is 21.2 Å². The summed E-state index contributed by atoms with van der Waals surface area (Å²) in [7, 11) is 1.58. The second kappa shape index (κ2) is 5.86. The number of nitrogens with two attached hydrogens (primary N) is 1. The maximum atomic E-state index is 11.3. The predicted octanol–water partition coefficient (Wildman–Crippen LogP) is 1.42. The van der Waals surface area contributed by atoms with Crippen molar-refractivity contribution < 1.29 is 9.53 Å². The second-order valence-electron chi connectivity index (χ2n) is 3.33. The fraction of sp³-hybridized carbons (Fsp3) is 0.364. The lowest BCUT2D eigenvalue weighted by Gasteiger charge is -2.15. The van der Waals surface area contributed by atoms with E-state index in [-0.39, 0.29) is 5.91 Å². The van der Waals surface area contributed by atoms with E-state index in [4.69, 9.17) is 10.5 Å². The summed E-state index contributed by atoms with van der Waals surface area (Å²) in [5.74, 6) is 0.479. The summed E-state index contributed by atoms with van der Waals surface area (Å²) in [6, 6.07) is 5.53. The number of rotatable bonds is 4. The van der Waals surface area contributed by atoms with Crippen LogP contribution in [0, 0.1) is 0 Å². The molecular weight excluding hydrogens is 272 g/mol. The smallest absolute Gasteiger partial charge is 0.260 e. The first-order chi connectivity index (χ1) is 7.58. The molecule has 0 aromatic heterocycles. The highest BCUT2D eigenvalue weighted by atomic mass is 79.9. The lowest BCUT2D eigenvalue weighted by molar-refractivity contribution is -0.126. The highest BCUT2D eigenvalue weighted by molar-refractivity contribution is 9.10. The number of hydrogen-bond donors (Lipinski definition) is 2. The highest BCUT2D eigenvalue weighted by Crippen LogP contribution is 2.23. The van der Waals surface area contributed by atoms with Crippen LogP contribution < -0.4 is 15.8 Å².